The summed E-state index contributed by atoms with van der Waals surface area (Å²) in [7, 11) is 0. The van der Waals surface area contributed by atoms with Crippen LogP contribution < -0.4 is 4.74 Å². The zero-order valence-electron chi connectivity index (χ0n) is 13.2. The summed E-state index contributed by atoms with van der Waals surface area (Å²) in [6.45, 7) is 3.74. The molecule has 0 radical (unpaired) electrons. The van der Waals surface area contributed by atoms with Crippen LogP contribution in [0.2, 0.25) is 0 Å². The summed E-state index contributed by atoms with van der Waals surface area (Å²) in [6.07, 6.45) is 13.6. The smallest absolute Gasteiger partial charge is 0.122 e. The monoisotopic (exact) mass is 288 g/mol. The second-order valence-electron chi connectivity index (χ2n) is 5.71. The first kappa shape index (κ1) is 16.1. The lowest BCUT2D eigenvalue weighted by atomic mass is 10.0. The molecule has 1 fully saturated rings. The highest BCUT2D eigenvalue weighted by Crippen LogP contribution is 2.22. The molecule has 1 aliphatic heterocycles. The molecule has 2 nitrogen and oxygen atoms in total. The Bertz CT molecular complexity index is 421. The van der Waals surface area contributed by atoms with Crippen molar-refractivity contribution in [1.29, 1.82) is 0 Å². The Kier molecular flexibility index (Phi) is 7.37. The van der Waals surface area contributed by atoms with Crippen LogP contribution in [-0.2, 0) is 11.2 Å². The maximum absolute atomic E-state index is 5.85. The third kappa shape index (κ3) is 6.81. The van der Waals surface area contributed by atoms with Crippen LogP contribution >= 0.6 is 0 Å². The van der Waals surface area contributed by atoms with Crippen molar-refractivity contribution < 1.29 is 9.47 Å². The average Bonchev–Trinajstić information content (AvgIpc) is 3.33. The van der Waals surface area contributed by atoms with Gasteiger partial charge in [-0.25, -0.2) is 0 Å². The van der Waals surface area contributed by atoms with Crippen LogP contribution in [0.3, 0.4) is 0 Å². The highest BCUT2D eigenvalue weighted by atomic mass is 16.6. The predicted molar refractivity (Wildman–Crippen MR) is 87.9 cm³/mol. The molecule has 1 aromatic carbocycles. The SMILES string of the molecule is CC/C=C/CCCCCCc1ccccc1OCC1CO1. The summed E-state index contributed by atoms with van der Waals surface area (Å²) >= 11 is 0. The van der Waals surface area contributed by atoms with E-state index in [9.17, 15) is 0 Å². The number of epoxide rings is 1. The highest BCUT2D eigenvalue weighted by molar-refractivity contribution is 5.33. The van der Waals surface area contributed by atoms with Crippen molar-refractivity contribution in [2.24, 2.45) is 0 Å². The fraction of sp³-hybridized carbons (Fsp3) is 0.579. The number of para-hydroxylation sites is 1. The number of ether oxygens (including phenoxy) is 2. The molecule has 1 heterocycles. The highest BCUT2D eigenvalue weighted by Gasteiger charge is 2.23. The van der Waals surface area contributed by atoms with Gasteiger partial charge in [-0.3, -0.25) is 0 Å². The Morgan fingerprint density at radius 2 is 1.95 bits per heavy atom. The lowest BCUT2D eigenvalue weighted by Crippen LogP contribution is -2.05. The minimum atomic E-state index is 0.328. The summed E-state index contributed by atoms with van der Waals surface area (Å²) in [5, 5.41) is 0. The van der Waals surface area contributed by atoms with Gasteiger partial charge in [0, 0.05) is 0 Å². The molecule has 0 spiro atoms. The fourth-order valence-corrected chi connectivity index (χ4v) is 2.41. The van der Waals surface area contributed by atoms with Crippen LogP contribution in [0.5, 0.6) is 5.75 Å². The predicted octanol–water partition coefficient (Wildman–Crippen LogP) is 4.92. The number of aryl methyl sites for hydroxylation is 1. The lowest BCUT2D eigenvalue weighted by molar-refractivity contribution is 0.261. The quantitative estimate of drug-likeness (QED) is 0.327. The van der Waals surface area contributed by atoms with Crippen LogP contribution in [0.1, 0.15) is 51.0 Å². The van der Waals surface area contributed by atoms with E-state index in [0.717, 1.165) is 25.2 Å². The zero-order chi connectivity index (χ0) is 14.8. The molecule has 1 saturated heterocycles. The molecular weight excluding hydrogens is 260 g/mol. The van der Waals surface area contributed by atoms with Crippen molar-refractivity contribution in [3.05, 3.63) is 42.0 Å². The minimum absolute atomic E-state index is 0.328. The second-order valence-corrected chi connectivity index (χ2v) is 5.71. The van der Waals surface area contributed by atoms with Crippen LogP contribution in [0.15, 0.2) is 36.4 Å². The Balaban J connectivity index is 1.61. The number of hydrogen-bond acceptors (Lipinski definition) is 2. The molecule has 0 aromatic heterocycles. The summed E-state index contributed by atoms with van der Waals surface area (Å²) < 4.78 is 11.0. The van der Waals surface area contributed by atoms with Crippen LogP contribution in [0.4, 0.5) is 0 Å². The van der Waals surface area contributed by atoms with Gasteiger partial charge in [-0.1, -0.05) is 50.1 Å². The molecule has 21 heavy (non-hydrogen) atoms. The molecule has 2 heteroatoms. The van der Waals surface area contributed by atoms with E-state index in [4.69, 9.17) is 9.47 Å². The van der Waals surface area contributed by atoms with Gasteiger partial charge in [0.05, 0.1) is 6.61 Å². The van der Waals surface area contributed by atoms with Crippen molar-refractivity contribution in [3.63, 3.8) is 0 Å². The summed E-state index contributed by atoms with van der Waals surface area (Å²) in [5.74, 6) is 1.04. The van der Waals surface area contributed by atoms with Gasteiger partial charge in [0.15, 0.2) is 0 Å². The van der Waals surface area contributed by atoms with Gasteiger partial charge >= 0.3 is 0 Å². The first-order chi connectivity index (χ1) is 10.4. The van der Waals surface area contributed by atoms with E-state index in [2.05, 4.69) is 37.3 Å². The maximum Gasteiger partial charge on any atom is 0.122 e. The third-order valence-electron chi connectivity index (χ3n) is 3.77. The molecular formula is C19H28O2. The average molecular weight is 288 g/mol. The first-order valence-corrected chi connectivity index (χ1v) is 8.37. The van der Waals surface area contributed by atoms with E-state index < -0.39 is 0 Å². The van der Waals surface area contributed by atoms with Gasteiger partial charge in [0.2, 0.25) is 0 Å². The summed E-state index contributed by atoms with van der Waals surface area (Å²) in [6, 6.07) is 8.42. The van der Waals surface area contributed by atoms with E-state index in [-0.39, 0.29) is 0 Å². The van der Waals surface area contributed by atoms with Crippen LogP contribution in [0.25, 0.3) is 0 Å². The van der Waals surface area contributed by atoms with Gasteiger partial charge < -0.3 is 9.47 Å². The summed E-state index contributed by atoms with van der Waals surface area (Å²) in [4.78, 5) is 0. The van der Waals surface area contributed by atoms with E-state index >= 15 is 0 Å². The number of unbranched alkanes of at least 4 members (excludes halogenated alkanes) is 4. The number of benzene rings is 1. The van der Waals surface area contributed by atoms with Crippen LogP contribution in [0, 0.1) is 0 Å². The molecule has 1 unspecified atom stereocenters. The topological polar surface area (TPSA) is 21.8 Å². The van der Waals surface area contributed by atoms with Gasteiger partial charge in [0.1, 0.15) is 18.5 Å². The number of allylic oxidation sites excluding steroid dienone is 2. The molecule has 0 bridgehead atoms. The molecule has 1 aromatic rings. The van der Waals surface area contributed by atoms with Crippen molar-refractivity contribution in [2.75, 3.05) is 13.2 Å². The molecule has 0 amide bonds. The van der Waals surface area contributed by atoms with E-state index in [1.54, 1.807) is 0 Å². The summed E-state index contributed by atoms with van der Waals surface area (Å²) in [5.41, 5.74) is 1.34. The molecule has 0 saturated carbocycles. The Labute approximate surface area is 129 Å². The molecule has 0 aliphatic carbocycles. The van der Waals surface area contributed by atoms with Crippen molar-refractivity contribution >= 4 is 0 Å². The van der Waals surface area contributed by atoms with Gasteiger partial charge in [-0.05, 0) is 43.7 Å². The normalized spacial score (nSPS) is 17.3. The standard InChI is InChI=1S/C19H28O2/c1-2-3-4-5-6-7-8-9-12-17-13-10-11-14-19(17)21-16-18-15-20-18/h3-4,10-11,13-14,18H,2,5-9,12,15-16H2,1H3/b4-3+. The van der Waals surface area contributed by atoms with Crippen molar-refractivity contribution in [3.8, 4) is 5.75 Å². The number of hydrogen-bond donors (Lipinski definition) is 0. The lowest BCUT2D eigenvalue weighted by Gasteiger charge is -2.10. The van der Waals surface area contributed by atoms with Crippen molar-refractivity contribution in [2.45, 2.75) is 58.0 Å². The van der Waals surface area contributed by atoms with Crippen LogP contribution in [-0.4, -0.2) is 19.3 Å². The Morgan fingerprint density at radius 3 is 2.76 bits per heavy atom. The molecule has 1 atom stereocenters. The first-order valence-electron chi connectivity index (χ1n) is 8.37. The van der Waals surface area contributed by atoms with Crippen molar-refractivity contribution in [1.82, 2.24) is 0 Å². The number of rotatable bonds is 11. The van der Waals surface area contributed by atoms with E-state index in [0.29, 0.717) is 12.7 Å². The van der Waals surface area contributed by atoms with E-state index in [1.165, 1.54) is 37.7 Å². The fourth-order valence-electron chi connectivity index (χ4n) is 2.41. The Morgan fingerprint density at radius 1 is 1.14 bits per heavy atom. The van der Waals surface area contributed by atoms with Gasteiger partial charge in [-0.2, -0.15) is 0 Å². The second kappa shape index (κ2) is 9.62. The zero-order valence-corrected chi connectivity index (χ0v) is 13.2. The largest absolute Gasteiger partial charge is 0.491 e. The van der Waals surface area contributed by atoms with E-state index in [1.807, 2.05) is 6.07 Å². The third-order valence-corrected chi connectivity index (χ3v) is 3.77. The maximum atomic E-state index is 5.85. The minimum Gasteiger partial charge on any atom is -0.491 e. The molecule has 116 valence electrons. The van der Waals surface area contributed by atoms with Gasteiger partial charge in [0.25, 0.3) is 0 Å². The molecule has 2 rings (SSSR count). The van der Waals surface area contributed by atoms with Gasteiger partial charge in [-0.15, -0.1) is 0 Å². The Hall–Kier alpha value is -1.28. The molecule has 1 aliphatic rings. The molecule has 0 N–H and O–H groups in total.